The van der Waals surface area contributed by atoms with Crippen LogP contribution in [0.4, 0.5) is 0 Å². The third-order valence-electron chi connectivity index (χ3n) is 4.31. The van der Waals surface area contributed by atoms with E-state index in [-0.39, 0.29) is 17.9 Å². The lowest BCUT2D eigenvalue weighted by molar-refractivity contribution is 0.0670. The molecule has 1 atom stereocenters. The van der Waals surface area contributed by atoms with Crippen LogP contribution in [-0.2, 0) is 4.74 Å². The predicted octanol–water partition coefficient (Wildman–Crippen LogP) is 2.40. The first-order chi connectivity index (χ1) is 13.2. The number of ether oxygens (including phenoxy) is 2. The molecule has 1 heterocycles. The highest BCUT2D eigenvalue weighted by Crippen LogP contribution is 2.20. The van der Waals surface area contributed by atoms with Crippen molar-refractivity contribution in [1.29, 1.82) is 0 Å². The van der Waals surface area contributed by atoms with Gasteiger partial charge in [0, 0.05) is 25.3 Å². The van der Waals surface area contributed by atoms with Crippen LogP contribution in [0.15, 0.2) is 54.6 Å². The molecule has 0 aromatic heterocycles. The first-order valence-corrected chi connectivity index (χ1v) is 9.19. The maximum atomic E-state index is 12.4. The van der Waals surface area contributed by atoms with E-state index < -0.39 is 0 Å². The fourth-order valence-electron chi connectivity index (χ4n) is 2.88. The number of hydrogen-bond acceptors (Lipinski definition) is 4. The fraction of sp³-hybridized carbons (Fsp3) is 0.333. The number of para-hydroxylation sites is 1. The Morgan fingerprint density at radius 3 is 2.41 bits per heavy atom. The minimum Gasteiger partial charge on any atom is -0.490 e. The Bertz CT molecular complexity index is 758. The van der Waals surface area contributed by atoms with E-state index in [1.807, 2.05) is 24.3 Å². The van der Waals surface area contributed by atoms with Crippen molar-refractivity contribution in [2.75, 3.05) is 26.3 Å². The summed E-state index contributed by atoms with van der Waals surface area (Å²) >= 11 is 0. The molecule has 3 rings (SSSR count). The van der Waals surface area contributed by atoms with Gasteiger partial charge < -0.3 is 20.1 Å². The molecular weight excluding hydrogens is 344 g/mol. The fourth-order valence-corrected chi connectivity index (χ4v) is 2.88. The Labute approximate surface area is 158 Å². The minimum absolute atomic E-state index is 0.0920. The molecule has 0 aliphatic carbocycles. The van der Waals surface area contributed by atoms with Gasteiger partial charge in [0.2, 0.25) is 0 Å². The van der Waals surface area contributed by atoms with Crippen LogP contribution < -0.4 is 15.4 Å². The van der Waals surface area contributed by atoms with E-state index in [0.29, 0.717) is 36.6 Å². The molecule has 0 spiro atoms. The van der Waals surface area contributed by atoms with E-state index in [9.17, 15) is 9.59 Å². The standard InChI is InChI=1S/C21H24N2O4/c24-20(16-7-2-1-3-8-16)22-12-13-23-21(25)18-10-4-5-11-19(18)27-15-17-9-6-14-26-17/h1-5,7-8,10-11,17H,6,9,12-15H2,(H,22,24)(H,23,25). The number of carbonyl (C=O) groups is 2. The summed E-state index contributed by atoms with van der Waals surface area (Å²) in [6, 6.07) is 16.1. The molecule has 6 heteroatoms. The molecule has 1 unspecified atom stereocenters. The second-order valence-electron chi connectivity index (χ2n) is 6.32. The van der Waals surface area contributed by atoms with Crippen molar-refractivity contribution in [3.05, 3.63) is 65.7 Å². The molecule has 1 aliphatic heterocycles. The summed E-state index contributed by atoms with van der Waals surface area (Å²) in [6.07, 6.45) is 2.12. The third kappa shape index (κ3) is 5.56. The molecule has 2 amide bonds. The van der Waals surface area contributed by atoms with Crippen molar-refractivity contribution in [1.82, 2.24) is 10.6 Å². The number of nitrogens with one attached hydrogen (secondary N) is 2. The molecule has 27 heavy (non-hydrogen) atoms. The number of carbonyl (C=O) groups excluding carboxylic acids is 2. The molecule has 1 saturated heterocycles. The Hall–Kier alpha value is -2.86. The predicted molar refractivity (Wildman–Crippen MR) is 102 cm³/mol. The van der Waals surface area contributed by atoms with E-state index in [4.69, 9.17) is 9.47 Å². The summed E-state index contributed by atoms with van der Waals surface area (Å²) in [5.41, 5.74) is 1.07. The molecular formula is C21H24N2O4. The van der Waals surface area contributed by atoms with Gasteiger partial charge in [0.25, 0.3) is 11.8 Å². The van der Waals surface area contributed by atoms with Crippen molar-refractivity contribution in [2.45, 2.75) is 18.9 Å². The van der Waals surface area contributed by atoms with Crippen molar-refractivity contribution >= 4 is 11.8 Å². The summed E-state index contributed by atoms with van der Waals surface area (Å²) < 4.78 is 11.3. The van der Waals surface area contributed by atoms with Gasteiger partial charge in [0.1, 0.15) is 12.4 Å². The van der Waals surface area contributed by atoms with Crippen molar-refractivity contribution in [3.63, 3.8) is 0 Å². The molecule has 142 valence electrons. The van der Waals surface area contributed by atoms with Crippen molar-refractivity contribution < 1.29 is 19.1 Å². The monoisotopic (exact) mass is 368 g/mol. The van der Waals surface area contributed by atoms with Gasteiger partial charge in [-0.05, 0) is 37.1 Å². The van der Waals surface area contributed by atoms with Crippen LogP contribution in [-0.4, -0.2) is 44.2 Å². The van der Waals surface area contributed by atoms with Crippen molar-refractivity contribution in [3.8, 4) is 5.75 Å². The smallest absolute Gasteiger partial charge is 0.255 e. The lowest BCUT2D eigenvalue weighted by Gasteiger charge is -2.14. The van der Waals surface area contributed by atoms with Gasteiger partial charge in [-0.2, -0.15) is 0 Å². The van der Waals surface area contributed by atoms with Gasteiger partial charge >= 0.3 is 0 Å². The second-order valence-corrected chi connectivity index (χ2v) is 6.32. The molecule has 2 aromatic carbocycles. The highest BCUT2D eigenvalue weighted by Gasteiger charge is 2.18. The highest BCUT2D eigenvalue weighted by molar-refractivity contribution is 5.97. The van der Waals surface area contributed by atoms with E-state index in [0.717, 1.165) is 19.4 Å². The summed E-state index contributed by atoms with van der Waals surface area (Å²) in [6.45, 7) is 1.89. The zero-order valence-corrected chi connectivity index (χ0v) is 15.1. The van der Waals surface area contributed by atoms with Gasteiger partial charge in [-0.3, -0.25) is 9.59 Å². The van der Waals surface area contributed by atoms with E-state index in [2.05, 4.69) is 10.6 Å². The van der Waals surface area contributed by atoms with Crippen LogP contribution in [0.3, 0.4) is 0 Å². The van der Waals surface area contributed by atoms with Crippen LogP contribution in [0.25, 0.3) is 0 Å². The topological polar surface area (TPSA) is 76.7 Å². The number of rotatable bonds is 8. The van der Waals surface area contributed by atoms with Crippen molar-refractivity contribution in [2.24, 2.45) is 0 Å². The lowest BCUT2D eigenvalue weighted by Crippen LogP contribution is -2.34. The normalized spacial score (nSPS) is 15.9. The van der Waals surface area contributed by atoms with Crippen LogP contribution >= 0.6 is 0 Å². The molecule has 1 fully saturated rings. The molecule has 1 aliphatic rings. The first-order valence-electron chi connectivity index (χ1n) is 9.19. The van der Waals surface area contributed by atoms with E-state index in [1.165, 1.54) is 0 Å². The number of amides is 2. The molecule has 0 bridgehead atoms. The Balaban J connectivity index is 1.45. The SMILES string of the molecule is O=C(NCCNC(=O)c1ccccc1OCC1CCCO1)c1ccccc1. The zero-order valence-electron chi connectivity index (χ0n) is 15.1. The summed E-state index contributed by atoms with van der Waals surface area (Å²) in [5, 5.41) is 5.59. The van der Waals surface area contributed by atoms with E-state index in [1.54, 1.807) is 30.3 Å². The van der Waals surface area contributed by atoms with Gasteiger partial charge in [-0.25, -0.2) is 0 Å². The highest BCUT2D eigenvalue weighted by atomic mass is 16.5. The molecule has 2 N–H and O–H groups in total. The van der Waals surface area contributed by atoms with Gasteiger partial charge in [-0.1, -0.05) is 30.3 Å². The van der Waals surface area contributed by atoms with Gasteiger partial charge in [0.05, 0.1) is 11.7 Å². The average molecular weight is 368 g/mol. The molecule has 2 aromatic rings. The van der Waals surface area contributed by atoms with Crippen LogP contribution in [0.1, 0.15) is 33.6 Å². The largest absolute Gasteiger partial charge is 0.490 e. The quantitative estimate of drug-likeness (QED) is 0.702. The summed E-state index contributed by atoms with van der Waals surface area (Å²) in [7, 11) is 0. The van der Waals surface area contributed by atoms with Crippen LogP contribution in [0.2, 0.25) is 0 Å². The lowest BCUT2D eigenvalue weighted by atomic mass is 10.2. The maximum absolute atomic E-state index is 12.4. The minimum atomic E-state index is -0.230. The van der Waals surface area contributed by atoms with E-state index >= 15 is 0 Å². The number of hydrogen-bond donors (Lipinski definition) is 2. The van der Waals surface area contributed by atoms with Gasteiger partial charge in [-0.15, -0.1) is 0 Å². The third-order valence-corrected chi connectivity index (χ3v) is 4.31. The first kappa shape index (κ1) is 18.9. The molecule has 6 nitrogen and oxygen atoms in total. The van der Waals surface area contributed by atoms with Crippen LogP contribution in [0, 0.1) is 0 Å². The Kier molecular flexibility index (Phi) is 6.82. The second kappa shape index (κ2) is 9.73. The van der Waals surface area contributed by atoms with Gasteiger partial charge in [0.15, 0.2) is 0 Å². The molecule has 0 radical (unpaired) electrons. The zero-order chi connectivity index (χ0) is 18.9. The summed E-state index contributed by atoms with van der Waals surface area (Å²) in [4.78, 5) is 24.4. The summed E-state index contributed by atoms with van der Waals surface area (Å²) in [5.74, 6) is 0.149. The molecule has 0 saturated carbocycles. The van der Waals surface area contributed by atoms with Crippen LogP contribution in [0.5, 0.6) is 5.75 Å². The average Bonchev–Trinajstić information content (AvgIpc) is 3.24. The number of benzene rings is 2. The Morgan fingerprint density at radius 1 is 0.963 bits per heavy atom. The maximum Gasteiger partial charge on any atom is 0.255 e. The Morgan fingerprint density at radius 2 is 1.67 bits per heavy atom.